The van der Waals surface area contributed by atoms with Gasteiger partial charge in [0.15, 0.2) is 12.4 Å². The van der Waals surface area contributed by atoms with Gasteiger partial charge in [0, 0.05) is 58.7 Å². The van der Waals surface area contributed by atoms with Gasteiger partial charge in [-0.15, -0.1) is 0 Å². The van der Waals surface area contributed by atoms with Gasteiger partial charge in [-0.2, -0.15) is 0 Å². The Bertz CT molecular complexity index is 1750. The van der Waals surface area contributed by atoms with Gasteiger partial charge in [-0.3, -0.25) is 0 Å². The molecule has 0 N–H and O–H groups in total. The van der Waals surface area contributed by atoms with E-state index < -0.39 is 0 Å². The molecular formula is C42H52N3O+. The lowest BCUT2D eigenvalue weighted by Gasteiger charge is -2.31. The first kappa shape index (κ1) is 31.9. The lowest BCUT2D eigenvalue weighted by molar-refractivity contribution is -0.671. The zero-order valence-electron chi connectivity index (χ0n) is 29.4. The molecule has 1 atom stereocenters. The summed E-state index contributed by atoms with van der Waals surface area (Å²) in [5.74, 6) is 1.04. The van der Waals surface area contributed by atoms with Crippen molar-refractivity contribution >= 4 is 11.4 Å². The van der Waals surface area contributed by atoms with E-state index in [-0.39, 0.29) is 16.9 Å². The summed E-state index contributed by atoms with van der Waals surface area (Å²) in [4.78, 5) is 5.05. The molecule has 6 rings (SSSR count). The van der Waals surface area contributed by atoms with Crippen molar-refractivity contribution in [2.24, 2.45) is 7.05 Å². The quantitative estimate of drug-likeness (QED) is 0.236. The average molecular weight is 615 g/mol. The van der Waals surface area contributed by atoms with Crippen molar-refractivity contribution in [1.82, 2.24) is 0 Å². The van der Waals surface area contributed by atoms with E-state index in [9.17, 15) is 0 Å². The van der Waals surface area contributed by atoms with Crippen LogP contribution in [0.25, 0.3) is 0 Å². The fraction of sp³-hybridized carbons (Fsp3) is 0.405. The molecule has 0 radical (unpaired) electrons. The van der Waals surface area contributed by atoms with E-state index in [1.54, 1.807) is 0 Å². The summed E-state index contributed by atoms with van der Waals surface area (Å²) in [6.07, 6.45) is 15.7. The molecule has 2 aromatic carbocycles. The van der Waals surface area contributed by atoms with Crippen molar-refractivity contribution < 1.29 is 9.30 Å². The van der Waals surface area contributed by atoms with Gasteiger partial charge in [0.05, 0.1) is 6.04 Å². The summed E-state index contributed by atoms with van der Waals surface area (Å²) in [6.45, 7) is 20.9. The topological polar surface area (TPSA) is 19.6 Å². The minimum absolute atomic E-state index is 0.0156. The summed E-state index contributed by atoms with van der Waals surface area (Å²) in [5, 5.41) is 0. The molecule has 4 heteroatoms. The summed E-state index contributed by atoms with van der Waals surface area (Å²) in [7, 11) is 2.05. The highest BCUT2D eigenvalue weighted by Crippen LogP contribution is 2.49. The Labute approximate surface area is 277 Å². The van der Waals surface area contributed by atoms with E-state index in [1.165, 1.54) is 56.0 Å². The van der Waals surface area contributed by atoms with Crippen LogP contribution in [0.1, 0.15) is 82.2 Å². The van der Waals surface area contributed by atoms with Crippen LogP contribution in [0.2, 0.25) is 0 Å². The van der Waals surface area contributed by atoms with Crippen molar-refractivity contribution in [2.75, 3.05) is 22.9 Å². The number of aryl methyl sites for hydroxylation is 3. The van der Waals surface area contributed by atoms with Gasteiger partial charge in [-0.25, -0.2) is 4.57 Å². The molecule has 4 nitrogen and oxygen atoms in total. The number of rotatable bonds is 8. The minimum Gasteiger partial charge on any atom is -0.488 e. The van der Waals surface area contributed by atoms with Gasteiger partial charge in [0.1, 0.15) is 19.4 Å². The van der Waals surface area contributed by atoms with Crippen LogP contribution in [0.15, 0.2) is 108 Å². The van der Waals surface area contributed by atoms with E-state index in [0.717, 1.165) is 31.7 Å². The highest BCUT2D eigenvalue weighted by Gasteiger charge is 2.43. The Morgan fingerprint density at radius 1 is 0.848 bits per heavy atom. The molecule has 240 valence electrons. The normalized spacial score (nSPS) is 21.6. The average Bonchev–Trinajstić information content (AvgIpc) is 3.58. The number of fused-ring (bicyclic) bond motifs is 2. The fourth-order valence-corrected chi connectivity index (χ4v) is 7.83. The Morgan fingerprint density at radius 3 is 2.20 bits per heavy atom. The van der Waals surface area contributed by atoms with Crippen LogP contribution in [0.5, 0.6) is 0 Å². The number of hydrogen-bond donors (Lipinski definition) is 0. The number of nitrogens with zero attached hydrogens (tertiary/aromatic N) is 3. The monoisotopic (exact) mass is 614 g/mol. The second-order valence-corrected chi connectivity index (χ2v) is 14.5. The van der Waals surface area contributed by atoms with Gasteiger partial charge >= 0.3 is 0 Å². The number of anilines is 2. The molecule has 3 aliphatic rings. The van der Waals surface area contributed by atoms with E-state index in [1.807, 2.05) is 0 Å². The molecule has 1 unspecified atom stereocenters. The Kier molecular flexibility index (Phi) is 8.52. The molecular weight excluding hydrogens is 562 g/mol. The zero-order valence-corrected chi connectivity index (χ0v) is 29.4. The summed E-state index contributed by atoms with van der Waals surface area (Å²) >= 11 is 0. The molecule has 0 saturated carbocycles. The predicted molar refractivity (Wildman–Crippen MR) is 192 cm³/mol. The van der Waals surface area contributed by atoms with Gasteiger partial charge < -0.3 is 14.5 Å². The molecule has 3 aromatic rings. The first-order chi connectivity index (χ1) is 21.9. The van der Waals surface area contributed by atoms with Gasteiger partial charge in [0.2, 0.25) is 0 Å². The first-order valence-electron chi connectivity index (χ1n) is 17.1. The number of hydrogen-bond acceptors (Lipinski definition) is 3. The second-order valence-electron chi connectivity index (χ2n) is 14.5. The molecule has 0 spiro atoms. The third kappa shape index (κ3) is 5.61. The van der Waals surface area contributed by atoms with Crippen LogP contribution < -0.4 is 14.4 Å². The molecule has 2 aliphatic heterocycles. The smallest absolute Gasteiger partial charge is 0.168 e. The molecule has 3 heterocycles. The van der Waals surface area contributed by atoms with Crippen LogP contribution in [-0.4, -0.2) is 19.1 Å². The Hall–Kier alpha value is -4.05. The van der Waals surface area contributed by atoms with E-state index >= 15 is 0 Å². The molecule has 0 bridgehead atoms. The summed E-state index contributed by atoms with van der Waals surface area (Å²) < 4.78 is 8.81. The molecule has 0 saturated heterocycles. The highest BCUT2D eigenvalue weighted by molar-refractivity contribution is 5.71. The van der Waals surface area contributed by atoms with Gasteiger partial charge in [-0.05, 0) is 81.0 Å². The maximum absolute atomic E-state index is 6.74. The lowest BCUT2D eigenvalue weighted by atomic mass is 9.79. The standard InChI is InChI=1S/C42H52N3O/c1-10-44-36-18-12-29(3)26-34(36)41(5,6)38(44)20-16-32-14-15-33(40(32)46-28-31-22-24-43(9)25-23-31)17-21-39-42(7,8)35-27-30(4)13-19-37(35)45(39)11-2/h12-13,16-27,38H,10-11,14-15,28H2,1-9H3/q+1/b20-16+,33-17+,39-21+. The molecule has 1 aromatic heterocycles. The van der Waals surface area contributed by atoms with Crippen LogP contribution in [0.4, 0.5) is 11.4 Å². The third-order valence-corrected chi connectivity index (χ3v) is 10.5. The van der Waals surface area contributed by atoms with Gasteiger partial charge in [0.25, 0.3) is 0 Å². The molecule has 1 aliphatic carbocycles. The predicted octanol–water partition coefficient (Wildman–Crippen LogP) is 9.06. The lowest BCUT2D eigenvalue weighted by Crippen LogP contribution is -2.39. The SMILES string of the molecule is CCN1/C(=C/C=C2\CCC(/C=C/C3N(CC)c4ccc(C)cc4C3(C)C)=C2OCc2cc[n+](C)cc2)C(C)(C)c2cc(C)ccc21. The minimum atomic E-state index is -0.0644. The second kappa shape index (κ2) is 12.3. The van der Waals surface area contributed by atoms with Crippen molar-refractivity contribution in [3.05, 3.63) is 136 Å². The molecule has 0 fully saturated rings. The fourth-order valence-electron chi connectivity index (χ4n) is 7.83. The van der Waals surface area contributed by atoms with Crippen LogP contribution in [0.3, 0.4) is 0 Å². The first-order valence-corrected chi connectivity index (χ1v) is 17.1. The maximum Gasteiger partial charge on any atom is 0.168 e. The number of pyridine rings is 1. The van der Waals surface area contributed by atoms with Crippen LogP contribution >= 0.6 is 0 Å². The third-order valence-electron chi connectivity index (χ3n) is 10.5. The van der Waals surface area contributed by atoms with Crippen LogP contribution in [-0.2, 0) is 29.2 Å². The number of aromatic nitrogens is 1. The number of benzene rings is 2. The summed E-state index contributed by atoms with van der Waals surface area (Å²) in [5.41, 5.74) is 13.2. The zero-order chi connectivity index (χ0) is 32.8. The van der Waals surface area contributed by atoms with Crippen molar-refractivity contribution in [1.29, 1.82) is 0 Å². The summed E-state index contributed by atoms with van der Waals surface area (Å²) in [6, 6.07) is 18.4. The molecule has 46 heavy (non-hydrogen) atoms. The van der Waals surface area contributed by atoms with Crippen molar-refractivity contribution in [3.63, 3.8) is 0 Å². The Balaban J connectivity index is 1.36. The number of likely N-dealkylation sites (N-methyl/N-ethyl adjacent to an activating group) is 2. The van der Waals surface area contributed by atoms with E-state index in [4.69, 9.17) is 4.74 Å². The largest absolute Gasteiger partial charge is 0.488 e. The maximum atomic E-state index is 6.74. The van der Waals surface area contributed by atoms with Crippen molar-refractivity contribution in [2.45, 2.75) is 91.7 Å². The molecule has 0 amide bonds. The van der Waals surface area contributed by atoms with Crippen LogP contribution in [0, 0.1) is 13.8 Å². The van der Waals surface area contributed by atoms with Crippen molar-refractivity contribution in [3.8, 4) is 0 Å². The van der Waals surface area contributed by atoms with E-state index in [2.05, 4.69) is 162 Å². The number of allylic oxidation sites excluding steroid dienone is 6. The number of ether oxygens (including phenoxy) is 1. The van der Waals surface area contributed by atoms with E-state index in [0.29, 0.717) is 6.61 Å². The van der Waals surface area contributed by atoms with Gasteiger partial charge in [-0.1, -0.05) is 81.3 Å². The Morgan fingerprint density at radius 2 is 1.52 bits per heavy atom. The highest BCUT2D eigenvalue weighted by atomic mass is 16.5.